The summed E-state index contributed by atoms with van der Waals surface area (Å²) in [6.45, 7) is 75.7. The molecular formula is C126H163ClF4N12O3. The Hall–Kier alpha value is -12.5. The minimum absolute atomic E-state index is 0.0201. The Morgan fingerprint density at radius 2 is 0.712 bits per heavy atom. The van der Waals surface area contributed by atoms with Gasteiger partial charge in [0.1, 0.15) is 5.82 Å². The van der Waals surface area contributed by atoms with E-state index in [-0.39, 0.29) is 72.1 Å². The van der Waals surface area contributed by atoms with Crippen molar-refractivity contribution in [1.29, 1.82) is 0 Å². The Bertz CT molecular complexity index is 7280. The minimum atomic E-state index is -4.31. The van der Waals surface area contributed by atoms with Crippen molar-refractivity contribution in [3.05, 3.63) is 318 Å². The fourth-order valence-corrected chi connectivity index (χ4v) is 19.1. The molecule has 0 saturated carbocycles. The van der Waals surface area contributed by atoms with Crippen molar-refractivity contribution in [2.45, 2.75) is 321 Å². The normalized spacial score (nSPS) is 13.1. The van der Waals surface area contributed by atoms with E-state index in [1.165, 1.54) is 95.1 Å². The summed E-state index contributed by atoms with van der Waals surface area (Å²) in [7, 11) is 0. The van der Waals surface area contributed by atoms with Gasteiger partial charge in [0.25, 0.3) is 11.8 Å². The third kappa shape index (κ3) is 28.9. The van der Waals surface area contributed by atoms with Gasteiger partial charge in [-0.15, -0.1) is 0 Å². The monoisotopic (exact) mass is 2000 g/mol. The number of aromatic nitrogens is 10. The summed E-state index contributed by atoms with van der Waals surface area (Å²) < 4.78 is 52.7. The molecule has 18 aromatic rings. The van der Waals surface area contributed by atoms with Gasteiger partial charge in [0.2, 0.25) is 0 Å². The lowest BCUT2D eigenvalue weighted by atomic mass is 9.75. The van der Waals surface area contributed by atoms with Crippen LogP contribution in [0.4, 0.5) is 17.6 Å². The van der Waals surface area contributed by atoms with Crippen LogP contribution < -0.4 is 11.0 Å². The topological polar surface area (TPSA) is 224 Å². The van der Waals surface area contributed by atoms with Gasteiger partial charge in [-0.1, -0.05) is 258 Å². The molecule has 1 fully saturated rings. The van der Waals surface area contributed by atoms with E-state index < -0.39 is 17.2 Å². The summed E-state index contributed by atoms with van der Waals surface area (Å²) in [6.07, 6.45) is 15.7. The number of carbonyl (C=O) groups excluding carboxylic acids is 2. The van der Waals surface area contributed by atoms with Gasteiger partial charge in [0, 0.05) is 156 Å². The second kappa shape index (κ2) is 44.7. The van der Waals surface area contributed by atoms with Gasteiger partial charge in [-0.3, -0.25) is 9.59 Å². The van der Waals surface area contributed by atoms with Gasteiger partial charge < -0.3 is 60.1 Å². The Balaban J connectivity index is 0.000000157. The number of likely N-dealkylation sites (tertiary alicyclic amines) is 1. The summed E-state index contributed by atoms with van der Waals surface area (Å²) >= 11 is 6.23. The van der Waals surface area contributed by atoms with Crippen LogP contribution in [0.1, 0.15) is 341 Å². The molecule has 1 aliphatic heterocycles. The molecule has 0 spiro atoms. The first kappa shape index (κ1) is 114. The zero-order chi connectivity index (χ0) is 108. The second-order valence-corrected chi connectivity index (χ2v) is 50.5. The fraction of sp³-hybridized carbons (Fsp3) is 0.421. The average Bonchev–Trinajstić information content (AvgIpc) is 1.39. The van der Waals surface area contributed by atoms with Crippen LogP contribution in [0.5, 0.6) is 0 Å². The molecule has 0 atom stereocenters. The van der Waals surface area contributed by atoms with Crippen LogP contribution in [0, 0.1) is 18.7 Å². The summed E-state index contributed by atoms with van der Waals surface area (Å²) in [5.41, 5.74) is 26.0. The molecule has 0 bridgehead atoms. The maximum atomic E-state index is 13.7. The van der Waals surface area contributed by atoms with E-state index in [1.807, 2.05) is 124 Å². The van der Waals surface area contributed by atoms with Crippen LogP contribution in [-0.2, 0) is 66.7 Å². The predicted molar refractivity (Wildman–Crippen MR) is 613 cm³/mol. The third-order valence-electron chi connectivity index (χ3n) is 26.9. The number of piperidine rings is 1. The Morgan fingerprint density at radius 1 is 0.356 bits per heavy atom. The first-order chi connectivity index (χ1) is 67.6. The number of amides is 2. The molecule has 20 heteroatoms. The number of fused-ring (bicyclic) bond motifs is 9. The van der Waals surface area contributed by atoms with E-state index in [0.717, 1.165) is 120 Å². The van der Waals surface area contributed by atoms with Crippen molar-refractivity contribution >= 4 is 122 Å². The largest absolute Gasteiger partial charge is 0.416 e. The summed E-state index contributed by atoms with van der Waals surface area (Å²) in [6, 6.07) is 54.4. The van der Waals surface area contributed by atoms with Gasteiger partial charge in [0.05, 0.1) is 16.6 Å². The molecule has 0 unspecified atom stereocenters. The van der Waals surface area contributed by atoms with Crippen molar-refractivity contribution in [2.75, 3.05) is 19.6 Å². The van der Waals surface area contributed by atoms with E-state index in [4.69, 9.17) is 11.6 Å². The summed E-state index contributed by atoms with van der Waals surface area (Å²) in [5, 5.41) is 12.8. The molecule has 1 aliphatic rings. The lowest BCUT2D eigenvalue weighted by molar-refractivity contribution is -0.138. The number of rotatable bonds is 5. The van der Waals surface area contributed by atoms with Crippen LogP contribution in [0.2, 0.25) is 5.02 Å². The molecule has 1 saturated heterocycles. The van der Waals surface area contributed by atoms with Gasteiger partial charge in [-0.25, -0.2) is 9.18 Å². The maximum Gasteiger partial charge on any atom is 0.416 e. The lowest BCUT2D eigenvalue weighted by Crippen LogP contribution is -2.36. The van der Waals surface area contributed by atoms with E-state index in [9.17, 15) is 31.9 Å². The maximum absolute atomic E-state index is 13.7. The van der Waals surface area contributed by atoms with E-state index in [0.29, 0.717) is 23.4 Å². The quantitative estimate of drug-likeness (QED) is 0.0758. The molecule has 2 amide bonds. The number of aryl methyl sites for hydroxylation is 2. The Morgan fingerprint density at radius 3 is 1.13 bits per heavy atom. The number of benzene rings is 9. The number of hydrogen-bond acceptors (Lipinski definition) is 3. The van der Waals surface area contributed by atoms with Crippen molar-refractivity contribution in [3.8, 4) is 0 Å². The van der Waals surface area contributed by atoms with Gasteiger partial charge in [-0.05, 0) is 321 Å². The highest BCUT2D eigenvalue weighted by atomic mass is 35.5. The number of carbonyl (C=O) groups is 2. The number of hydrogen-bond donors (Lipinski definition) is 11. The number of halogens is 5. The minimum Gasteiger partial charge on any atom is -0.361 e. The highest BCUT2D eigenvalue weighted by Crippen LogP contribution is 2.43. The first-order valence-electron chi connectivity index (χ1n) is 51.7. The molecule has 15 nitrogen and oxygen atoms in total. The van der Waals surface area contributed by atoms with E-state index in [2.05, 4.69) is 334 Å². The van der Waals surface area contributed by atoms with Crippen LogP contribution in [-0.4, -0.2) is 86.2 Å². The SMILES string of the molecule is CC(C)(C)c1cc2[nH]ccc2cc1C(=O)N1CCCCC1.CC(C)(C)c1cc2[nH]ccc2cc1C(F)(F)F.CC(C)(C)c1cc2[nH]ccc2cc1Cl.CC(C)(C)c1cc2[nH]ccc2cc1F.CC(C)(C)c1cc2cc[nH]c2cc1C(C)(C)C.CC(C)(C)c1ccc2[nH]c(=O)[nH]c2c1.CC(C)CNC(=O)c1cc2cc[nH]c2cc1C(C)(C)C.CCc1cc2cc[nH]c2cc1C(C)(C)C.Cc1c[nH]c2cccc(C(C)(C)C)c12. The first-order valence-corrected chi connectivity index (χ1v) is 52.0. The Kier molecular flexibility index (Phi) is 34.8. The average molecular weight is 2010 g/mol. The molecule has 780 valence electrons. The Labute approximate surface area is 868 Å². The lowest BCUT2D eigenvalue weighted by Gasteiger charge is -2.30. The number of alkyl halides is 3. The molecule has 9 aromatic carbocycles. The molecule has 11 N–H and O–H groups in total. The molecule has 0 aliphatic carbocycles. The third-order valence-corrected chi connectivity index (χ3v) is 27.2. The van der Waals surface area contributed by atoms with Crippen LogP contribution in [0.25, 0.3) is 98.3 Å². The second-order valence-electron chi connectivity index (χ2n) is 50.1. The van der Waals surface area contributed by atoms with Crippen molar-refractivity contribution in [3.63, 3.8) is 0 Å². The molecular weight excluding hydrogens is 1840 g/mol. The van der Waals surface area contributed by atoms with Gasteiger partial charge >= 0.3 is 11.9 Å². The highest BCUT2D eigenvalue weighted by Gasteiger charge is 2.38. The smallest absolute Gasteiger partial charge is 0.361 e. The summed E-state index contributed by atoms with van der Waals surface area (Å²) in [5.74, 6) is 0.548. The predicted octanol–water partition coefficient (Wildman–Crippen LogP) is 34.9. The van der Waals surface area contributed by atoms with Gasteiger partial charge in [-0.2, -0.15) is 13.2 Å². The molecule has 10 heterocycles. The fourth-order valence-electron chi connectivity index (χ4n) is 18.7. The standard InChI is InChI=1S/C18H24N2O.C17H24N2O.C16H23N.C14H19N.C13H14F3N.C13H17N.C12H14ClN.C12H14FN.C11H14N2O/c1-18(2,3)15-12-16-13(7-8-19-16)11-14(15)17(21)20-9-5-4-6-10-20;1-11(2)10-19-16(20)13-8-12-6-7-18-15(12)9-14(13)17(3,4)5;1-15(2,3)12-9-11-7-8-17-14(11)10-13(12)16(4,5)6;1-5-10-8-11-6-7-15-13(11)9-12(10)14(2,3)4;1-12(2,3)9-7-11-8(4-5-17-11)6-10(9)13(14,15)16;1-9-8-14-11-7-5-6-10(12(9)11)13(2,3)4;2*1-12(2,3)9-7-11-8(4-5-14-11)6-10(9)13;1-11(2,3)7-4-5-8-9(6-7)13-10(14)12-8/h7-8,11-12,19H,4-6,9-10H2,1-3H3;6-9,11,18H,10H2,1-5H3,(H,19,20);7-10,17H,1-6H3;6-9,15H,5H2,1-4H3;4-7,17H,1-3H3;5-8,14H,1-4H3;2*4-7,14H,1-3H3;4-6H,1-3H3,(H2,12,13,14). The molecule has 146 heavy (non-hydrogen) atoms. The number of nitrogens with zero attached hydrogens (tertiary/aromatic N) is 1. The van der Waals surface area contributed by atoms with Crippen molar-refractivity contribution in [1.82, 2.24) is 60.1 Å². The van der Waals surface area contributed by atoms with Gasteiger partial charge in [0.15, 0.2) is 0 Å². The zero-order valence-electron chi connectivity index (χ0n) is 93.3. The molecule has 9 aromatic heterocycles. The zero-order valence-corrected chi connectivity index (χ0v) is 94.1. The van der Waals surface area contributed by atoms with E-state index >= 15 is 0 Å². The van der Waals surface area contributed by atoms with Crippen molar-refractivity contribution < 1.29 is 27.2 Å². The molecule has 0 radical (unpaired) electrons. The number of nitrogens with one attached hydrogen (secondary N) is 11. The van der Waals surface area contributed by atoms with Crippen molar-refractivity contribution in [2.24, 2.45) is 5.92 Å². The number of H-pyrrole nitrogens is 10. The molecule has 19 rings (SSSR count). The highest BCUT2D eigenvalue weighted by molar-refractivity contribution is 6.32. The van der Waals surface area contributed by atoms with Crippen LogP contribution >= 0.6 is 11.6 Å². The summed E-state index contributed by atoms with van der Waals surface area (Å²) in [4.78, 5) is 69.6. The number of imidazole rings is 1. The van der Waals surface area contributed by atoms with Crippen LogP contribution in [0.15, 0.2) is 218 Å². The van der Waals surface area contributed by atoms with Crippen LogP contribution in [0.3, 0.4) is 0 Å². The van der Waals surface area contributed by atoms with E-state index in [1.54, 1.807) is 45.2 Å². The number of aromatic amines is 10.